The number of halogens is 4. The number of cyclic esters (lactones) is 2. The van der Waals surface area contributed by atoms with Crippen molar-refractivity contribution in [1.82, 2.24) is 0 Å². The first kappa shape index (κ1) is 12.3. The summed E-state index contributed by atoms with van der Waals surface area (Å²) in [5, 5.41) is 0. The Morgan fingerprint density at radius 2 is 1.39 bits per heavy atom. The first-order valence-electron chi connectivity index (χ1n) is 4.71. The molecule has 0 saturated carbocycles. The summed E-state index contributed by atoms with van der Waals surface area (Å²) in [4.78, 5) is 22.4. The molecular formula is C10H5F4NO3. The van der Waals surface area contributed by atoms with Gasteiger partial charge in [0.15, 0.2) is 23.3 Å². The SMILES string of the molecule is O=C1CN(c2c(F)c(F)cc(F)c2F)CC(=O)O1. The molecule has 0 aliphatic carbocycles. The summed E-state index contributed by atoms with van der Waals surface area (Å²) in [6.45, 7) is -1.36. The van der Waals surface area contributed by atoms with Crippen LogP contribution in [0.2, 0.25) is 0 Å². The Balaban J connectivity index is 2.50. The number of carbonyl (C=O) groups is 2. The maximum atomic E-state index is 13.4. The van der Waals surface area contributed by atoms with Gasteiger partial charge in [-0.15, -0.1) is 0 Å². The van der Waals surface area contributed by atoms with Crippen molar-refractivity contribution in [3.8, 4) is 0 Å². The average molecular weight is 263 g/mol. The van der Waals surface area contributed by atoms with Gasteiger partial charge in [0.2, 0.25) is 0 Å². The van der Waals surface area contributed by atoms with E-state index in [1.165, 1.54) is 0 Å². The summed E-state index contributed by atoms with van der Waals surface area (Å²) in [5.74, 6) is -8.69. The van der Waals surface area contributed by atoms with Crippen LogP contribution < -0.4 is 4.90 Å². The Bertz CT molecular complexity index is 504. The van der Waals surface area contributed by atoms with E-state index in [-0.39, 0.29) is 6.07 Å². The Labute approximate surface area is 97.7 Å². The van der Waals surface area contributed by atoms with E-state index in [0.29, 0.717) is 4.90 Å². The van der Waals surface area contributed by atoms with Crippen molar-refractivity contribution in [1.29, 1.82) is 0 Å². The molecule has 0 atom stereocenters. The van der Waals surface area contributed by atoms with Crippen molar-refractivity contribution in [3.63, 3.8) is 0 Å². The largest absolute Gasteiger partial charge is 0.390 e. The fourth-order valence-corrected chi connectivity index (χ4v) is 1.56. The minimum atomic E-state index is -1.67. The van der Waals surface area contributed by atoms with Crippen LogP contribution >= 0.6 is 0 Å². The maximum absolute atomic E-state index is 13.4. The quantitative estimate of drug-likeness (QED) is 0.330. The van der Waals surface area contributed by atoms with Crippen molar-refractivity contribution in [2.45, 2.75) is 0 Å². The summed E-state index contributed by atoms with van der Waals surface area (Å²) in [7, 11) is 0. The van der Waals surface area contributed by atoms with Crippen molar-refractivity contribution >= 4 is 17.6 Å². The smallest absolute Gasteiger partial charge is 0.333 e. The van der Waals surface area contributed by atoms with Gasteiger partial charge in [-0.1, -0.05) is 0 Å². The molecule has 2 rings (SSSR count). The minimum Gasteiger partial charge on any atom is -0.390 e. The van der Waals surface area contributed by atoms with Crippen LogP contribution in [0.5, 0.6) is 0 Å². The summed E-state index contributed by atoms with van der Waals surface area (Å²) in [6, 6.07) is 0.0399. The third-order valence-corrected chi connectivity index (χ3v) is 2.27. The predicted octanol–water partition coefficient (Wildman–Crippen LogP) is 1.13. The van der Waals surface area contributed by atoms with Gasteiger partial charge in [0.25, 0.3) is 0 Å². The van der Waals surface area contributed by atoms with Crippen LogP contribution in [0.1, 0.15) is 0 Å². The Hall–Kier alpha value is -2.12. The average Bonchev–Trinajstić information content (AvgIpc) is 2.25. The molecule has 8 heteroatoms. The molecule has 4 nitrogen and oxygen atoms in total. The second-order valence-corrected chi connectivity index (χ2v) is 3.52. The lowest BCUT2D eigenvalue weighted by molar-refractivity contribution is -0.160. The van der Waals surface area contributed by atoms with E-state index in [9.17, 15) is 27.2 Å². The number of esters is 2. The van der Waals surface area contributed by atoms with Gasteiger partial charge >= 0.3 is 11.9 Å². The van der Waals surface area contributed by atoms with Crippen LogP contribution in [0.3, 0.4) is 0 Å². The number of hydrogen-bond acceptors (Lipinski definition) is 4. The maximum Gasteiger partial charge on any atom is 0.333 e. The molecule has 0 aromatic heterocycles. The number of carbonyl (C=O) groups excluding carboxylic acids is 2. The Morgan fingerprint density at radius 3 is 1.83 bits per heavy atom. The lowest BCUT2D eigenvalue weighted by Crippen LogP contribution is -2.44. The van der Waals surface area contributed by atoms with Crippen LogP contribution in [-0.2, 0) is 14.3 Å². The zero-order valence-corrected chi connectivity index (χ0v) is 8.68. The van der Waals surface area contributed by atoms with Gasteiger partial charge in [0, 0.05) is 6.07 Å². The molecule has 1 aliphatic heterocycles. The monoisotopic (exact) mass is 263 g/mol. The van der Waals surface area contributed by atoms with E-state index in [1.807, 2.05) is 0 Å². The normalized spacial score (nSPS) is 15.9. The molecule has 0 radical (unpaired) electrons. The molecule has 18 heavy (non-hydrogen) atoms. The van der Waals surface area contributed by atoms with Crippen LogP contribution in [0, 0.1) is 23.3 Å². The highest BCUT2D eigenvalue weighted by Crippen LogP contribution is 2.28. The summed E-state index contributed by atoms with van der Waals surface area (Å²) >= 11 is 0. The molecule has 0 spiro atoms. The van der Waals surface area contributed by atoms with E-state index in [1.54, 1.807) is 0 Å². The molecule has 1 fully saturated rings. The van der Waals surface area contributed by atoms with E-state index in [0.717, 1.165) is 0 Å². The third-order valence-electron chi connectivity index (χ3n) is 2.27. The van der Waals surface area contributed by atoms with Crippen LogP contribution in [0.4, 0.5) is 23.2 Å². The van der Waals surface area contributed by atoms with Gasteiger partial charge in [-0.2, -0.15) is 0 Å². The van der Waals surface area contributed by atoms with Crippen molar-refractivity contribution in [3.05, 3.63) is 29.3 Å². The highest BCUT2D eigenvalue weighted by atomic mass is 19.2. The zero-order chi connectivity index (χ0) is 13.4. The number of ether oxygens (including phenoxy) is 1. The molecule has 0 N–H and O–H groups in total. The fourth-order valence-electron chi connectivity index (χ4n) is 1.56. The Kier molecular flexibility index (Phi) is 2.93. The van der Waals surface area contributed by atoms with Crippen molar-refractivity contribution in [2.24, 2.45) is 0 Å². The van der Waals surface area contributed by atoms with Gasteiger partial charge in [0.1, 0.15) is 18.8 Å². The van der Waals surface area contributed by atoms with Crippen LogP contribution in [0.25, 0.3) is 0 Å². The molecule has 0 bridgehead atoms. The topological polar surface area (TPSA) is 46.6 Å². The summed E-state index contributed by atoms with van der Waals surface area (Å²) in [6.07, 6.45) is 0. The number of anilines is 1. The number of hydrogen-bond donors (Lipinski definition) is 0. The van der Waals surface area contributed by atoms with Crippen LogP contribution in [-0.4, -0.2) is 25.0 Å². The fraction of sp³-hybridized carbons (Fsp3) is 0.200. The molecule has 96 valence electrons. The molecule has 1 aromatic carbocycles. The molecule has 0 unspecified atom stereocenters. The van der Waals surface area contributed by atoms with Gasteiger partial charge in [-0.05, 0) is 0 Å². The van der Waals surface area contributed by atoms with Gasteiger partial charge < -0.3 is 9.64 Å². The van der Waals surface area contributed by atoms with E-state index >= 15 is 0 Å². The predicted molar refractivity (Wildman–Crippen MR) is 49.6 cm³/mol. The molecule has 0 amide bonds. The first-order chi connectivity index (χ1) is 8.40. The van der Waals surface area contributed by atoms with E-state index in [2.05, 4.69) is 4.74 Å². The molecular weight excluding hydrogens is 258 g/mol. The number of rotatable bonds is 1. The van der Waals surface area contributed by atoms with Crippen molar-refractivity contribution in [2.75, 3.05) is 18.0 Å². The third kappa shape index (κ3) is 2.01. The first-order valence-corrected chi connectivity index (χ1v) is 4.71. The van der Waals surface area contributed by atoms with Crippen molar-refractivity contribution < 1.29 is 31.9 Å². The zero-order valence-electron chi connectivity index (χ0n) is 8.68. The highest BCUT2D eigenvalue weighted by Gasteiger charge is 2.31. The second kappa shape index (κ2) is 4.28. The standard InChI is InChI=1S/C10H5F4NO3/c11-4-1-5(12)9(14)10(8(4)13)15-2-6(16)18-7(17)3-15/h1H,2-3H2. The molecule has 1 aromatic rings. The van der Waals surface area contributed by atoms with E-state index in [4.69, 9.17) is 0 Å². The number of benzene rings is 1. The van der Waals surface area contributed by atoms with Gasteiger partial charge in [0.05, 0.1) is 0 Å². The lowest BCUT2D eigenvalue weighted by atomic mass is 10.2. The highest BCUT2D eigenvalue weighted by molar-refractivity contribution is 5.94. The second-order valence-electron chi connectivity index (χ2n) is 3.52. The Morgan fingerprint density at radius 1 is 0.944 bits per heavy atom. The van der Waals surface area contributed by atoms with Gasteiger partial charge in [-0.25, -0.2) is 27.2 Å². The molecule has 1 heterocycles. The van der Waals surface area contributed by atoms with Crippen LogP contribution in [0.15, 0.2) is 6.07 Å². The molecule has 1 aliphatic rings. The van der Waals surface area contributed by atoms with E-state index < -0.39 is 54.0 Å². The minimum absolute atomic E-state index is 0.0399. The molecule has 1 saturated heterocycles. The van der Waals surface area contributed by atoms with Gasteiger partial charge in [-0.3, -0.25) is 0 Å². The number of nitrogens with zero attached hydrogens (tertiary/aromatic N) is 1. The summed E-state index contributed by atoms with van der Waals surface area (Å²) in [5.41, 5.74) is -1.10. The number of morpholine rings is 1. The lowest BCUT2D eigenvalue weighted by Gasteiger charge is -2.26. The summed E-state index contributed by atoms with van der Waals surface area (Å²) < 4.78 is 56.8.